The molecule has 0 aliphatic carbocycles. The Morgan fingerprint density at radius 1 is 1.42 bits per heavy atom. The first-order chi connectivity index (χ1) is 9.10. The van der Waals surface area contributed by atoms with E-state index in [1.54, 1.807) is 0 Å². The molecule has 4 nitrogen and oxygen atoms in total. The zero-order valence-corrected chi connectivity index (χ0v) is 11.6. The van der Waals surface area contributed by atoms with Gasteiger partial charge in [0.25, 0.3) is 0 Å². The molecule has 0 aliphatic rings. The zero-order valence-electron chi connectivity index (χ0n) is 11.6. The lowest BCUT2D eigenvalue weighted by molar-refractivity contribution is -0.142. The van der Waals surface area contributed by atoms with E-state index in [-0.39, 0.29) is 6.04 Å². The number of rotatable bonds is 5. The average Bonchev–Trinajstić information content (AvgIpc) is 2.73. The zero-order chi connectivity index (χ0) is 14.0. The third-order valence-corrected chi connectivity index (χ3v) is 3.73. The Bertz CT molecular complexity index is 589. The van der Waals surface area contributed by atoms with Crippen LogP contribution in [0.25, 0.3) is 10.9 Å². The number of aryl methyl sites for hydroxylation is 1. The topological polar surface area (TPSA) is 54.3 Å². The number of hydrogen-bond donors (Lipinski definition) is 2. The molecule has 0 radical (unpaired) electrons. The highest BCUT2D eigenvalue weighted by Gasteiger charge is 2.28. The molecule has 1 aromatic carbocycles. The fourth-order valence-electron chi connectivity index (χ4n) is 2.75. The third-order valence-electron chi connectivity index (χ3n) is 3.73. The predicted molar refractivity (Wildman–Crippen MR) is 76.1 cm³/mol. The summed E-state index contributed by atoms with van der Waals surface area (Å²) in [4.78, 5) is 11.4. The monoisotopic (exact) mass is 260 g/mol. The van der Waals surface area contributed by atoms with Gasteiger partial charge in [-0.25, -0.2) is 0 Å². The summed E-state index contributed by atoms with van der Waals surface area (Å²) in [5, 5.41) is 13.6. The molecule has 1 aromatic heterocycles. The van der Waals surface area contributed by atoms with Crippen molar-refractivity contribution in [3.63, 3.8) is 0 Å². The second kappa shape index (κ2) is 5.45. The van der Waals surface area contributed by atoms with Gasteiger partial charge >= 0.3 is 5.97 Å². The molecule has 19 heavy (non-hydrogen) atoms. The number of nitrogens with zero attached hydrogens (tertiary/aromatic N) is 1. The summed E-state index contributed by atoms with van der Waals surface area (Å²) >= 11 is 0. The van der Waals surface area contributed by atoms with Gasteiger partial charge in [-0.05, 0) is 25.1 Å². The van der Waals surface area contributed by atoms with Crippen molar-refractivity contribution in [1.82, 2.24) is 9.88 Å². The van der Waals surface area contributed by atoms with Crippen LogP contribution in [0.4, 0.5) is 0 Å². The van der Waals surface area contributed by atoms with Gasteiger partial charge in [0.1, 0.15) is 0 Å². The molecule has 1 heterocycles. The number of aromatic nitrogens is 1. The second-order valence-electron chi connectivity index (χ2n) is 4.83. The minimum Gasteiger partial charge on any atom is -0.481 e. The van der Waals surface area contributed by atoms with Crippen molar-refractivity contribution < 1.29 is 9.90 Å². The van der Waals surface area contributed by atoms with Gasteiger partial charge < -0.3 is 15.0 Å². The Hall–Kier alpha value is -1.81. The van der Waals surface area contributed by atoms with Gasteiger partial charge in [-0.15, -0.1) is 0 Å². The first-order valence-corrected chi connectivity index (χ1v) is 6.54. The number of nitrogens with one attached hydrogen (secondary N) is 1. The van der Waals surface area contributed by atoms with Crippen LogP contribution in [-0.2, 0) is 11.8 Å². The van der Waals surface area contributed by atoms with Crippen molar-refractivity contribution in [3.8, 4) is 0 Å². The van der Waals surface area contributed by atoms with Gasteiger partial charge in [-0.1, -0.05) is 25.1 Å². The van der Waals surface area contributed by atoms with Gasteiger partial charge in [-0.3, -0.25) is 4.79 Å². The Morgan fingerprint density at radius 3 is 2.68 bits per heavy atom. The molecule has 2 N–H and O–H groups in total. The molecule has 0 saturated carbocycles. The summed E-state index contributed by atoms with van der Waals surface area (Å²) in [6.45, 7) is 1.91. The number of carboxylic acids is 1. The van der Waals surface area contributed by atoms with E-state index in [0.29, 0.717) is 6.42 Å². The van der Waals surface area contributed by atoms with Gasteiger partial charge in [0, 0.05) is 30.2 Å². The number of hydrogen-bond acceptors (Lipinski definition) is 2. The van der Waals surface area contributed by atoms with E-state index in [9.17, 15) is 9.90 Å². The van der Waals surface area contributed by atoms with E-state index >= 15 is 0 Å². The highest BCUT2D eigenvalue weighted by Crippen LogP contribution is 2.31. The number of aliphatic carboxylic acids is 1. The minimum absolute atomic E-state index is 0.173. The van der Waals surface area contributed by atoms with Crippen LogP contribution in [0.5, 0.6) is 0 Å². The maximum atomic E-state index is 11.4. The third kappa shape index (κ3) is 2.36. The van der Waals surface area contributed by atoms with E-state index in [0.717, 1.165) is 16.5 Å². The standard InChI is InChI=1S/C15H20N2O2/c1-4-10(15(18)19)14(16-2)12-9-17(3)13-8-6-5-7-11(12)13/h5-10,14,16H,4H2,1-3H3,(H,18,19). The van der Waals surface area contributed by atoms with Crippen LogP contribution in [0.2, 0.25) is 0 Å². The molecule has 0 bridgehead atoms. The Kier molecular flexibility index (Phi) is 3.90. The number of carboxylic acid groups (broad SMARTS) is 1. The average molecular weight is 260 g/mol. The van der Waals surface area contributed by atoms with Crippen molar-refractivity contribution in [1.29, 1.82) is 0 Å². The number of fused-ring (bicyclic) bond motifs is 1. The Balaban J connectivity index is 2.55. The van der Waals surface area contributed by atoms with Crippen molar-refractivity contribution in [2.75, 3.05) is 7.05 Å². The van der Waals surface area contributed by atoms with Crippen LogP contribution in [-0.4, -0.2) is 22.7 Å². The summed E-state index contributed by atoms with van der Waals surface area (Å²) in [6.07, 6.45) is 2.63. The summed E-state index contributed by atoms with van der Waals surface area (Å²) < 4.78 is 2.05. The minimum atomic E-state index is -0.755. The molecule has 2 unspecified atom stereocenters. The molecule has 0 fully saturated rings. The van der Waals surface area contributed by atoms with Gasteiger partial charge in [0.2, 0.25) is 0 Å². The molecule has 0 aliphatic heterocycles. The molecular formula is C15H20N2O2. The van der Waals surface area contributed by atoms with Crippen molar-refractivity contribution in [2.24, 2.45) is 13.0 Å². The number of para-hydroxylation sites is 1. The molecule has 0 saturated heterocycles. The van der Waals surface area contributed by atoms with E-state index in [4.69, 9.17) is 0 Å². The number of benzene rings is 1. The molecule has 2 rings (SSSR count). The summed E-state index contributed by atoms with van der Waals surface area (Å²) in [5.41, 5.74) is 2.17. The summed E-state index contributed by atoms with van der Waals surface area (Å²) in [7, 11) is 3.80. The SMILES string of the molecule is CCC(C(=O)O)C(NC)c1cn(C)c2ccccc12. The predicted octanol–water partition coefficient (Wildman–Crippen LogP) is 2.55. The quantitative estimate of drug-likeness (QED) is 0.868. The summed E-state index contributed by atoms with van der Waals surface area (Å²) in [5.74, 6) is -1.18. The highest BCUT2D eigenvalue weighted by molar-refractivity contribution is 5.85. The van der Waals surface area contributed by atoms with E-state index in [1.807, 2.05) is 56.0 Å². The smallest absolute Gasteiger partial charge is 0.308 e. The largest absolute Gasteiger partial charge is 0.481 e. The van der Waals surface area contributed by atoms with Gasteiger partial charge in [0.05, 0.1) is 5.92 Å². The van der Waals surface area contributed by atoms with Gasteiger partial charge in [-0.2, -0.15) is 0 Å². The fourth-order valence-corrected chi connectivity index (χ4v) is 2.75. The van der Waals surface area contributed by atoms with Crippen LogP contribution < -0.4 is 5.32 Å². The van der Waals surface area contributed by atoms with Crippen LogP contribution >= 0.6 is 0 Å². The van der Waals surface area contributed by atoms with Crippen LogP contribution in [0.15, 0.2) is 30.5 Å². The molecule has 4 heteroatoms. The van der Waals surface area contributed by atoms with Crippen molar-refractivity contribution in [3.05, 3.63) is 36.0 Å². The molecule has 0 spiro atoms. The first-order valence-electron chi connectivity index (χ1n) is 6.54. The molecule has 2 atom stereocenters. The van der Waals surface area contributed by atoms with E-state index < -0.39 is 11.9 Å². The van der Waals surface area contributed by atoms with Crippen LogP contribution in [0, 0.1) is 5.92 Å². The highest BCUT2D eigenvalue weighted by atomic mass is 16.4. The fraction of sp³-hybridized carbons (Fsp3) is 0.400. The van der Waals surface area contributed by atoms with E-state index in [2.05, 4.69) is 5.32 Å². The van der Waals surface area contributed by atoms with Gasteiger partial charge in [0.15, 0.2) is 0 Å². The Morgan fingerprint density at radius 2 is 2.11 bits per heavy atom. The molecule has 0 amide bonds. The Labute approximate surface area is 113 Å². The maximum Gasteiger partial charge on any atom is 0.308 e. The van der Waals surface area contributed by atoms with Crippen LogP contribution in [0.3, 0.4) is 0 Å². The molecular weight excluding hydrogens is 240 g/mol. The van der Waals surface area contributed by atoms with Crippen molar-refractivity contribution >= 4 is 16.9 Å². The summed E-state index contributed by atoms with van der Waals surface area (Å²) in [6, 6.07) is 7.90. The lowest BCUT2D eigenvalue weighted by Crippen LogP contribution is -2.30. The number of carbonyl (C=O) groups is 1. The normalized spacial score (nSPS) is 14.5. The molecule has 102 valence electrons. The lowest BCUT2D eigenvalue weighted by Gasteiger charge is -2.22. The van der Waals surface area contributed by atoms with E-state index in [1.165, 1.54) is 0 Å². The first kappa shape index (κ1) is 13.6. The second-order valence-corrected chi connectivity index (χ2v) is 4.83. The maximum absolute atomic E-state index is 11.4. The lowest BCUT2D eigenvalue weighted by atomic mass is 9.91. The van der Waals surface area contributed by atoms with Crippen molar-refractivity contribution in [2.45, 2.75) is 19.4 Å². The van der Waals surface area contributed by atoms with Crippen LogP contribution in [0.1, 0.15) is 24.9 Å². The molecule has 2 aromatic rings.